The van der Waals surface area contributed by atoms with Crippen molar-refractivity contribution in [3.63, 3.8) is 0 Å². The average molecular weight is 390 g/mol. The van der Waals surface area contributed by atoms with E-state index in [0.29, 0.717) is 28.0 Å². The van der Waals surface area contributed by atoms with Crippen LogP contribution in [-0.4, -0.2) is 39.4 Å². The highest BCUT2D eigenvalue weighted by atomic mass is 35.5. The first-order valence-electron chi connectivity index (χ1n) is 8.18. The van der Waals surface area contributed by atoms with E-state index in [-0.39, 0.29) is 10.7 Å². The second kappa shape index (κ2) is 7.68. The van der Waals surface area contributed by atoms with Gasteiger partial charge in [0.05, 0.1) is 24.9 Å². The smallest absolute Gasteiger partial charge is 0.283 e. The number of aliphatic imine (C=N–C) groups is 1. The number of ether oxygens (including phenoxy) is 1. The van der Waals surface area contributed by atoms with Gasteiger partial charge in [-0.3, -0.25) is 9.78 Å². The summed E-state index contributed by atoms with van der Waals surface area (Å²) in [6.45, 7) is 5.66. The zero-order chi connectivity index (χ0) is 18.7. The van der Waals surface area contributed by atoms with Crippen molar-refractivity contribution in [2.75, 3.05) is 13.7 Å². The molecule has 1 aromatic carbocycles. The van der Waals surface area contributed by atoms with Crippen LogP contribution < -0.4 is 4.74 Å². The summed E-state index contributed by atoms with van der Waals surface area (Å²) in [5.74, 6) is 0.0952. The highest BCUT2D eigenvalue weighted by Gasteiger charge is 2.36. The number of amidine groups is 1. The third-order valence-corrected chi connectivity index (χ3v) is 5.33. The Bertz CT molecular complexity index is 840. The molecule has 1 fully saturated rings. The van der Waals surface area contributed by atoms with E-state index in [9.17, 15) is 4.79 Å². The van der Waals surface area contributed by atoms with Crippen LogP contribution in [0.15, 0.2) is 47.6 Å². The van der Waals surface area contributed by atoms with Gasteiger partial charge in [0, 0.05) is 22.5 Å². The van der Waals surface area contributed by atoms with E-state index >= 15 is 0 Å². The number of amides is 1. The molecule has 0 saturated carbocycles. The molecule has 0 radical (unpaired) electrons. The molecule has 2 heterocycles. The molecular weight excluding hydrogens is 370 g/mol. The average Bonchev–Trinajstić information content (AvgIpc) is 2.89. The predicted molar refractivity (Wildman–Crippen MR) is 106 cm³/mol. The standard InChI is InChI=1S/C19H20ClN3O2S/c1-19(2)12-23(11-14-6-4-5-9-21-14)18(26-19)22-17(24)15-10-13(20)7-8-16(15)25-3/h4-10H,11-12H2,1-3H3. The number of pyridine rings is 1. The van der Waals surface area contributed by atoms with Gasteiger partial charge in [-0.05, 0) is 44.2 Å². The first kappa shape index (κ1) is 18.7. The lowest BCUT2D eigenvalue weighted by atomic mass is 10.2. The number of carbonyl (C=O) groups is 1. The maximum atomic E-state index is 12.8. The zero-order valence-corrected chi connectivity index (χ0v) is 16.5. The second-order valence-corrected chi connectivity index (χ2v) is 8.69. The SMILES string of the molecule is COc1ccc(Cl)cc1C(=O)N=C1SC(C)(C)CN1Cc1ccccn1. The molecule has 7 heteroatoms. The van der Waals surface area contributed by atoms with E-state index < -0.39 is 0 Å². The van der Waals surface area contributed by atoms with Gasteiger partial charge in [-0.2, -0.15) is 4.99 Å². The number of thioether (sulfide) groups is 1. The number of methoxy groups -OCH3 is 1. The molecule has 0 atom stereocenters. The molecule has 5 nitrogen and oxygen atoms in total. The molecule has 0 aliphatic carbocycles. The van der Waals surface area contributed by atoms with Crippen LogP contribution >= 0.6 is 23.4 Å². The van der Waals surface area contributed by atoms with Crippen LogP contribution in [0, 0.1) is 0 Å². The quantitative estimate of drug-likeness (QED) is 0.781. The fourth-order valence-corrected chi connectivity index (χ4v) is 4.04. The monoisotopic (exact) mass is 389 g/mol. The topological polar surface area (TPSA) is 54.8 Å². The molecule has 26 heavy (non-hydrogen) atoms. The maximum Gasteiger partial charge on any atom is 0.283 e. The van der Waals surface area contributed by atoms with Crippen LogP contribution in [0.2, 0.25) is 5.02 Å². The van der Waals surface area contributed by atoms with Gasteiger partial charge in [0.25, 0.3) is 5.91 Å². The number of rotatable bonds is 4. The number of nitrogens with zero attached hydrogens (tertiary/aromatic N) is 3. The fraction of sp³-hybridized carbons (Fsp3) is 0.316. The number of hydrogen-bond donors (Lipinski definition) is 0. The number of benzene rings is 1. The highest BCUT2D eigenvalue weighted by molar-refractivity contribution is 8.15. The summed E-state index contributed by atoms with van der Waals surface area (Å²) >= 11 is 7.63. The van der Waals surface area contributed by atoms with Crippen molar-refractivity contribution in [1.82, 2.24) is 9.88 Å². The van der Waals surface area contributed by atoms with Crippen molar-refractivity contribution in [2.24, 2.45) is 4.99 Å². The minimum atomic E-state index is -0.365. The molecule has 1 aliphatic heterocycles. The minimum Gasteiger partial charge on any atom is -0.496 e. The molecule has 1 aliphatic rings. The summed E-state index contributed by atoms with van der Waals surface area (Å²) in [7, 11) is 1.52. The van der Waals surface area contributed by atoms with E-state index in [0.717, 1.165) is 12.2 Å². The van der Waals surface area contributed by atoms with E-state index in [1.807, 2.05) is 18.2 Å². The Hall–Kier alpha value is -2.05. The lowest BCUT2D eigenvalue weighted by Gasteiger charge is -2.19. The zero-order valence-electron chi connectivity index (χ0n) is 14.9. The van der Waals surface area contributed by atoms with Crippen molar-refractivity contribution < 1.29 is 9.53 Å². The molecule has 0 spiro atoms. The largest absolute Gasteiger partial charge is 0.496 e. The van der Waals surface area contributed by atoms with Gasteiger partial charge >= 0.3 is 0 Å². The van der Waals surface area contributed by atoms with E-state index in [1.165, 1.54) is 7.11 Å². The number of hydrogen-bond acceptors (Lipinski definition) is 4. The Morgan fingerprint density at radius 1 is 1.38 bits per heavy atom. The third kappa shape index (κ3) is 4.37. The number of halogens is 1. The molecule has 3 rings (SSSR count). The van der Waals surface area contributed by atoms with Crippen molar-refractivity contribution in [2.45, 2.75) is 25.1 Å². The molecule has 1 aromatic heterocycles. The van der Waals surface area contributed by atoms with Crippen molar-refractivity contribution >= 4 is 34.4 Å². The fourth-order valence-electron chi connectivity index (χ4n) is 2.77. The van der Waals surface area contributed by atoms with Crippen molar-refractivity contribution in [3.8, 4) is 5.75 Å². The lowest BCUT2D eigenvalue weighted by molar-refractivity contribution is 0.0998. The van der Waals surface area contributed by atoms with Crippen LogP contribution in [0.1, 0.15) is 29.9 Å². The molecule has 136 valence electrons. The van der Waals surface area contributed by atoms with Crippen LogP contribution in [0.3, 0.4) is 0 Å². The highest BCUT2D eigenvalue weighted by Crippen LogP contribution is 2.36. The minimum absolute atomic E-state index is 0.0354. The van der Waals surface area contributed by atoms with Crippen molar-refractivity contribution in [3.05, 3.63) is 58.9 Å². The molecule has 0 N–H and O–H groups in total. The molecule has 0 unspecified atom stereocenters. The van der Waals surface area contributed by atoms with Gasteiger partial charge in [0.2, 0.25) is 0 Å². The Morgan fingerprint density at radius 3 is 2.88 bits per heavy atom. The van der Waals surface area contributed by atoms with Crippen molar-refractivity contribution in [1.29, 1.82) is 0 Å². The molecular formula is C19H20ClN3O2S. The van der Waals surface area contributed by atoms with Crippen LogP contribution in [-0.2, 0) is 6.54 Å². The van der Waals surface area contributed by atoms with Gasteiger partial charge in [0.1, 0.15) is 5.75 Å². The summed E-state index contributed by atoms with van der Waals surface area (Å²) in [6, 6.07) is 10.7. The lowest BCUT2D eigenvalue weighted by Crippen LogP contribution is -2.29. The summed E-state index contributed by atoms with van der Waals surface area (Å²) < 4.78 is 5.23. The number of aromatic nitrogens is 1. The van der Waals surface area contributed by atoms with E-state index in [2.05, 4.69) is 28.7 Å². The Kier molecular flexibility index (Phi) is 5.53. The normalized spacial score (nSPS) is 17.5. The van der Waals surface area contributed by atoms with Gasteiger partial charge in [0.15, 0.2) is 5.17 Å². The van der Waals surface area contributed by atoms with Gasteiger partial charge < -0.3 is 9.64 Å². The second-order valence-electron chi connectivity index (χ2n) is 6.58. The summed E-state index contributed by atoms with van der Waals surface area (Å²) in [6.07, 6.45) is 1.77. The predicted octanol–water partition coefficient (Wildman–Crippen LogP) is 4.27. The van der Waals surface area contributed by atoms with Crippen LogP contribution in [0.4, 0.5) is 0 Å². The molecule has 1 amide bonds. The van der Waals surface area contributed by atoms with Gasteiger partial charge in [-0.15, -0.1) is 0 Å². The first-order valence-corrected chi connectivity index (χ1v) is 9.38. The summed E-state index contributed by atoms with van der Waals surface area (Å²) in [5.41, 5.74) is 1.29. The molecule has 0 bridgehead atoms. The third-order valence-electron chi connectivity index (χ3n) is 3.88. The van der Waals surface area contributed by atoms with Gasteiger partial charge in [-0.25, -0.2) is 0 Å². The van der Waals surface area contributed by atoms with Gasteiger partial charge in [-0.1, -0.05) is 29.4 Å². The Morgan fingerprint density at radius 2 is 2.19 bits per heavy atom. The maximum absolute atomic E-state index is 12.8. The summed E-state index contributed by atoms with van der Waals surface area (Å²) in [5, 5.41) is 1.16. The van der Waals surface area contributed by atoms with E-state index in [4.69, 9.17) is 16.3 Å². The Balaban J connectivity index is 1.89. The first-order chi connectivity index (χ1) is 12.4. The Labute approximate surface area is 162 Å². The number of carbonyl (C=O) groups excluding carboxylic acids is 1. The van der Waals surface area contributed by atoms with E-state index in [1.54, 1.807) is 36.2 Å². The summed E-state index contributed by atoms with van der Waals surface area (Å²) in [4.78, 5) is 23.6. The molecule has 2 aromatic rings. The molecule has 1 saturated heterocycles. The van der Waals surface area contributed by atoms with Crippen LogP contribution in [0.5, 0.6) is 5.75 Å². The van der Waals surface area contributed by atoms with Crippen LogP contribution in [0.25, 0.3) is 0 Å².